The number of carboxylic acid groups (broad SMARTS) is 1. The largest absolute Gasteiger partial charge is 0.478 e. The molecular weight excluding hydrogens is 506 g/mol. The third kappa shape index (κ3) is 5.04. The smallest absolute Gasteiger partial charge is 0.422 e. The average Bonchev–Trinajstić information content (AvgIpc) is 2.71. The van der Waals surface area contributed by atoms with Crippen molar-refractivity contribution in [1.82, 2.24) is 4.98 Å². The number of aliphatic hydroxyl groups is 1. The van der Waals surface area contributed by atoms with E-state index in [1.807, 2.05) is 0 Å². The Morgan fingerprint density at radius 2 is 1.61 bits per heavy atom. The molecule has 2 unspecified atom stereocenters. The van der Waals surface area contributed by atoms with Gasteiger partial charge in [0.05, 0.1) is 10.6 Å². The van der Waals surface area contributed by atoms with Gasteiger partial charge in [-0.3, -0.25) is 0 Å². The third-order valence-electron chi connectivity index (χ3n) is 5.07. The van der Waals surface area contributed by atoms with Crippen LogP contribution in [0.15, 0.2) is 54.7 Å². The van der Waals surface area contributed by atoms with Crippen molar-refractivity contribution in [3.05, 3.63) is 86.6 Å². The van der Waals surface area contributed by atoms with Gasteiger partial charge in [0.15, 0.2) is 5.60 Å². The van der Waals surface area contributed by atoms with Gasteiger partial charge in [0, 0.05) is 23.2 Å². The zero-order valence-corrected chi connectivity index (χ0v) is 19.0. The molecule has 0 saturated carbocycles. The molecule has 0 amide bonds. The number of ether oxygens (including phenoxy) is 1. The molecule has 3 aromatic rings. The summed E-state index contributed by atoms with van der Waals surface area (Å²) in [6, 6.07) is 9.83. The van der Waals surface area contributed by atoms with E-state index >= 15 is 0 Å². The number of pyridine rings is 1. The molecule has 2 N–H and O–H groups in total. The molecular formula is C22H15Cl3F3NO4. The van der Waals surface area contributed by atoms with E-state index in [1.54, 1.807) is 0 Å². The number of rotatable bonds is 6. The summed E-state index contributed by atoms with van der Waals surface area (Å²) in [5, 5.41) is 19.5. The highest BCUT2D eigenvalue weighted by Crippen LogP contribution is 2.50. The summed E-state index contributed by atoms with van der Waals surface area (Å²) in [4.78, 5) is 14.7. The molecule has 0 saturated heterocycles. The highest BCUT2D eigenvalue weighted by atomic mass is 35.5. The number of carboxylic acids is 1. The number of alkyl halides is 3. The summed E-state index contributed by atoms with van der Waals surface area (Å²) >= 11 is 17.9. The van der Waals surface area contributed by atoms with Crippen molar-refractivity contribution >= 4 is 40.8 Å². The highest BCUT2D eigenvalue weighted by Gasteiger charge is 2.59. The van der Waals surface area contributed by atoms with Crippen LogP contribution in [0.5, 0.6) is 11.5 Å². The molecule has 174 valence electrons. The maximum Gasteiger partial charge on any atom is 0.422 e. The fraction of sp³-hybridized carbons (Fsp3) is 0.182. The van der Waals surface area contributed by atoms with Gasteiger partial charge in [-0.1, -0.05) is 47.8 Å². The van der Waals surface area contributed by atoms with Crippen LogP contribution in [0.25, 0.3) is 0 Å². The van der Waals surface area contributed by atoms with Gasteiger partial charge in [0.25, 0.3) is 0 Å². The van der Waals surface area contributed by atoms with E-state index in [-0.39, 0.29) is 37.8 Å². The molecule has 3 rings (SSSR count). The molecule has 2 atom stereocenters. The summed E-state index contributed by atoms with van der Waals surface area (Å²) < 4.78 is 47.7. The second kappa shape index (κ2) is 9.38. The van der Waals surface area contributed by atoms with Gasteiger partial charge in [-0.25, -0.2) is 9.78 Å². The molecule has 0 aliphatic heterocycles. The van der Waals surface area contributed by atoms with Crippen LogP contribution < -0.4 is 4.74 Å². The van der Waals surface area contributed by atoms with Crippen LogP contribution in [0, 0.1) is 0 Å². The molecule has 1 aromatic heterocycles. The Morgan fingerprint density at radius 1 is 1.00 bits per heavy atom. The normalized spacial score (nSPS) is 14.4. The van der Waals surface area contributed by atoms with Gasteiger partial charge in [-0.15, -0.1) is 0 Å². The number of aromatic nitrogens is 1. The van der Waals surface area contributed by atoms with Crippen LogP contribution in [-0.2, 0) is 5.60 Å². The van der Waals surface area contributed by atoms with E-state index in [9.17, 15) is 23.1 Å². The highest BCUT2D eigenvalue weighted by molar-refractivity contribution is 6.33. The van der Waals surface area contributed by atoms with Crippen molar-refractivity contribution in [2.45, 2.75) is 24.6 Å². The molecule has 1 heterocycles. The number of halogens is 6. The SMILES string of the molecule is CC(c1ccc(Oc2ccc(C(=O)O)c(Cl)c2)cc1Cl)C(O)(c1ccnc(Cl)c1)C(F)(F)F. The maximum absolute atomic E-state index is 14.0. The lowest BCUT2D eigenvalue weighted by Gasteiger charge is -2.37. The zero-order chi connectivity index (χ0) is 24.6. The van der Waals surface area contributed by atoms with Crippen molar-refractivity contribution in [2.75, 3.05) is 0 Å². The summed E-state index contributed by atoms with van der Waals surface area (Å²) in [5.74, 6) is -2.37. The lowest BCUT2D eigenvalue weighted by molar-refractivity contribution is -0.274. The van der Waals surface area contributed by atoms with Gasteiger partial charge in [-0.05, 0) is 47.5 Å². The summed E-state index contributed by atoms with van der Waals surface area (Å²) in [6.07, 6.45) is -3.99. The number of aromatic carboxylic acids is 1. The fourth-order valence-electron chi connectivity index (χ4n) is 3.32. The predicted molar refractivity (Wildman–Crippen MR) is 118 cm³/mol. The standard InChI is InChI=1S/C22H15Cl3F3NO4/c1-11(21(32,22(26,27)28)12-6-7-29-19(25)8-12)15-4-2-13(9-17(15)23)33-14-3-5-16(20(30)31)18(24)10-14/h2-11,32H,1H3,(H,30,31). The Kier molecular flexibility index (Phi) is 7.14. The van der Waals surface area contributed by atoms with Crippen molar-refractivity contribution in [3.63, 3.8) is 0 Å². The Morgan fingerprint density at radius 3 is 2.12 bits per heavy atom. The summed E-state index contributed by atoms with van der Waals surface area (Å²) in [6.45, 7) is 1.19. The monoisotopic (exact) mass is 519 g/mol. The van der Waals surface area contributed by atoms with Crippen LogP contribution in [0.3, 0.4) is 0 Å². The topological polar surface area (TPSA) is 79.7 Å². The molecule has 0 fully saturated rings. The minimum Gasteiger partial charge on any atom is -0.478 e. The molecule has 0 aliphatic rings. The van der Waals surface area contributed by atoms with Crippen molar-refractivity contribution < 1.29 is 32.9 Å². The quantitative estimate of drug-likeness (QED) is 0.339. The lowest BCUT2D eigenvalue weighted by Crippen LogP contribution is -2.46. The fourth-order valence-corrected chi connectivity index (χ4v) is 4.07. The van der Waals surface area contributed by atoms with E-state index in [0.29, 0.717) is 0 Å². The Labute approximate surface area is 201 Å². The molecule has 5 nitrogen and oxygen atoms in total. The molecule has 0 bridgehead atoms. The van der Waals surface area contributed by atoms with Crippen molar-refractivity contribution in [1.29, 1.82) is 0 Å². The number of hydrogen-bond acceptors (Lipinski definition) is 4. The van der Waals surface area contributed by atoms with Crippen molar-refractivity contribution in [2.24, 2.45) is 0 Å². The van der Waals surface area contributed by atoms with Gasteiger partial charge in [0.2, 0.25) is 0 Å². The molecule has 33 heavy (non-hydrogen) atoms. The molecule has 0 aliphatic carbocycles. The first-order chi connectivity index (χ1) is 15.3. The summed E-state index contributed by atoms with van der Waals surface area (Å²) in [5.41, 5.74) is -3.89. The first kappa shape index (κ1) is 25.1. The molecule has 11 heteroatoms. The van der Waals surface area contributed by atoms with Crippen LogP contribution in [0.4, 0.5) is 13.2 Å². The van der Waals surface area contributed by atoms with Gasteiger partial charge < -0.3 is 14.9 Å². The first-order valence-electron chi connectivity index (χ1n) is 9.26. The minimum atomic E-state index is -5.06. The third-order valence-corrected chi connectivity index (χ3v) is 5.92. The van der Waals surface area contributed by atoms with Crippen molar-refractivity contribution in [3.8, 4) is 11.5 Å². The van der Waals surface area contributed by atoms with Crippen LogP contribution in [0.2, 0.25) is 15.2 Å². The van der Waals surface area contributed by atoms with Crippen LogP contribution in [0.1, 0.15) is 34.3 Å². The lowest BCUT2D eigenvalue weighted by atomic mass is 9.78. The van der Waals surface area contributed by atoms with Gasteiger partial charge in [0.1, 0.15) is 16.7 Å². The first-order valence-corrected chi connectivity index (χ1v) is 10.4. The number of benzene rings is 2. The van der Waals surface area contributed by atoms with Crippen LogP contribution in [-0.4, -0.2) is 27.3 Å². The van der Waals surface area contributed by atoms with E-state index in [1.165, 1.54) is 43.3 Å². The van der Waals surface area contributed by atoms with Gasteiger partial charge in [-0.2, -0.15) is 13.2 Å². The Bertz CT molecular complexity index is 1210. The number of nitrogens with zero attached hydrogens (tertiary/aromatic N) is 1. The Hall–Kier alpha value is -2.52. The summed E-state index contributed by atoms with van der Waals surface area (Å²) in [7, 11) is 0. The van der Waals surface area contributed by atoms with E-state index in [2.05, 4.69) is 4.98 Å². The Balaban J connectivity index is 1.95. The van der Waals surface area contributed by atoms with Crippen LogP contribution >= 0.6 is 34.8 Å². The molecule has 0 spiro atoms. The van der Waals surface area contributed by atoms with E-state index in [0.717, 1.165) is 18.3 Å². The second-order valence-electron chi connectivity index (χ2n) is 7.09. The average molecular weight is 521 g/mol. The molecule has 0 radical (unpaired) electrons. The predicted octanol–water partition coefficient (Wildman–Crippen LogP) is 7.09. The van der Waals surface area contributed by atoms with E-state index in [4.69, 9.17) is 44.6 Å². The van der Waals surface area contributed by atoms with Gasteiger partial charge >= 0.3 is 12.1 Å². The molecule has 2 aromatic carbocycles. The minimum absolute atomic E-state index is 0.0102. The number of hydrogen-bond donors (Lipinski definition) is 2. The maximum atomic E-state index is 14.0. The zero-order valence-electron chi connectivity index (χ0n) is 16.7. The van der Waals surface area contributed by atoms with E-state index < -0.39 is 29.2 Å². The second-order valence-corrected chi connectivity index (χ2v) is 8.29. The number of carbonyl (C=O) groups is 1.